The molecule has 0 radical (unpaired) electrons. The molecular weight excluding hydrogens is 250 g/mol. The van der Waals surface area contributed by atoms with Crippen LogP contribution in [-0.2, 0) is 0 Å². The first-order chi connectivity index (χ1) is 9.61. The Labute approximate surface area is 116 Å². The number of amides is 1. The van der Waals surface area contributed by atoms with Crippen molar-refractivity contribution in [1.29, 1.82) is 0 Å². The van der Waals surface area contributed by atoms with Crippen LogP contribution in [0, 0.1) is 13.8 Å². The molecule has 2 heterocycles. The Bertz CT molecular complexity index is 736. The van der Waals surface area contributed by atoms with Gasteiger partial charge in [-0.25, -0.2) is 4.98 Å². The molecule has 0 bridgehead atoms. The van der Waals surface area contributed by atoms with E-state index in [1.165, 1.54) is 0 Å². The van der Waals surface area contributed by atoms with Gasteiger partial charge in [-0.05, 0) is 55.3 Å². The fraction of sp³-hybridized carbons (Fsp3) is 0.125. The summed E-state index contributed by atoms with van der Waals surface area (Å²) in [6.45, 7) is 4.02. The number of carbonyl (C=O) groups excluding carboxylic acids is 1. The lowest BCUT2D eigenvalue weighted by Gasteiger charge is -2.06. The summed E-state index contributed by atoms with van der Waals surface area (Å²) in [4.78, 5) is 19.4. The first-order valence-electron chi connectivity index (χ1n) is 6.45. The highest BCUT2D eigenvalue weighted by Gasteiger charge is 2.10. The molecule has 3 rings (SSSR count). The number of fused-ring (bicyclic) bond motifs is 1. The van der Waals surface area contributed by atoms with Crippen LogP contribution in [0.2, 0.25) is 0 Å². The summed E-state index contributed by atoms with van der Waals surface area (Å²) >= 11 is 0. The minimum atomic E-state index is -0.159. The number of nitrogens with one attached hydrogen (secondary N) is 2. The Morgan fingerprint density at radius 3 is 2.60 bits per heavy atom. The van der Waals surface area contributed by atoms with Gasteiger partial charge in [0.1, 0.15) is 11.3 Å². The third kappa shape index (κ3) is 2.40. The highest BCUT2D eigenvalue weighted by atomic mass is 16.1. The molecule has 2 N–H and O–H groups in total. The van der Waals surface area contributed by atoms with E-state index >= 15 is 0 Å². The van der Waals surface area contributed by atoms with Crippen molar-refractivity contribution >= 4 is 22.6 Å². The lowest BCUT2D eigenvalue weighted by Crippen LogP contribution is -2.12. The van der Waals surface area contributed by atoms with E-state index in [9.17, 15) is 4.79 Å². The van der Waals surface area contributed by atoms with E-state index in [-0.39, 0.29) is 5.91 Å². The Kier molecular flexibility index (Phi) is 2.99. The summed E-state index contributed by atoms with van der Waals surface area (Å²) in [5.41, 5.74) is 4.28. The number of aromatic nitrogens is 2. The molecule has 0 atom stereocenters. The monoisotopic (exact) mass is 265 g/mol. The second kappa shape index (κ2) is 4.81. The third-order valence-electron chi connectivity index (χ3n) is 3.12. The summed E-state index contributed by atoms with van der Waals surface area (Å²) in [6, 6.07) is 11.6. The standard InChI is InChI=1S/C16H15N3O/c1-10-6-11(2)8-13(7-10)18-16(20)14-9-12-4-3-5-17-15(12)19-14/h3-9H,1-2H3,(H,17,19)(H,18,20). The van der Waals surface area contributed by atoms with Crippen LogP contribution in [0.3, 0.4) is 0 Å². The number of carbonyl (C=O) groups is 1. The van der Waals surface area contributed by atoms with Gasteiger partial charge in [-0.2, -0.15) is 0 Å². The van der Waals surface area contributed by atoms with Crippen LogP contribution >= 0.6 is 0 Å². The van der Waals surface area contributed by atoms with Crippen LogP contribution < -0.4 is 5.32 Å². The van der Waals surface area contributed by atoms with E-state index in [4.69, 9.17) is 0 Å². The van der Waals surface area contributed by atoms with E-state index in [0.29, 0.717) is 5.69 Å². The largest absolute Gasteiger partial charge is 0.335 e. The molecule has 4 heteroatoms. The van der Waals surface area contributed by atoms with Crippen molar-refractivity contribution in [3.63, 3.8) is 0 Å². The maximum absolute atomic E-state index is 12.2. The fourth-order valence-electron chi connectivity index (χ4n) is 2.33. The molecule has 0 aliphatic heterocycles. The minimum Gasteiger partial charge on any atom is -0.335 e. The number of rotatable bonds is 2. The molecule has 0 unspecified atom stereocenters. The van der Waals surface area contributed by atoms with Gasteiger partial charge in [0.05, 0.1) is 0 Å². The summed E-state index contributed by atoms with van der Waals surface area (Å²) in [7, 11) is 0. The number of aryl methyl sites for hydroxylation is 2. The predicted molar refractivity (Wildman–Crippen MR) is 80.0 cm³/mol. The Morgan fingerprint density at radius 1 is 1.15 bits per heavy atom. The average molecular weight is 265 g/mol. The van der Waals surface area contributed by atoms with Crippen molar-refractivity contribution in [3.05, 3.63) is 59.4 Å². The van der Waals surface area contributed by atoms with E-state index < -0.39 is 0 Å². The van der Waals surface area contributed by atoms with Crippen molar-refractivity contribution in [1.82, 2.24) is 9.97 Å². The first-order valence-corrected chi connectivity index (χ1v) is 6.45. The van der Waals surface area contributed by atoms with Gasteiger partial charge in [-0.1, -0.05) is 6.07 Å². The summed E-state index contributed by atoms with van der Waals surface area (Å²) < 4.78 is 0. The van der Waals surface area contributed by atoms with Crippen LogP contribution in [-0.4, -0.2) is 15.9 Å². The molecule has 0 fully saturated rings. The average Bonchev–Trinajstić information content (AvgIpc) is 2.81. The summed E-state index contributed by atoms with van der Waals surface area (Å²) in [5.74, 6) is -0.159. The zero-order chi connectivity index (χ0) is 14.1. The molecule has 20 heavy (non-hydrogen) atoms. The molecule has 4 nitrogen and oxygen atoms in total. The number of aromatic amines is 1. The van der Waals surface area contributed by atoms with E-state index in [1.807, 2.05) is 38.1 Å². The zero-order valence-corrected chi connectivity index (χ0v) is 11.4. The maximum atomic E-state index is 12.2. The van der Waals surface area contributed by atoms with Gasteiger partial charge in [-0.3, -0.25) is 4.79 Å². The van der Waals surface area contributed by atoms with Gasteiger partial charge >= 0.3 is 0 Å². The zero-order valence-electron chi connectivity index (χ0n) is 11.4. The highest BCUT2D eigenvalue weighted by molar-refractivity contribution is 6.05. The number of hydrogen-bond donors (Lipinski definition) is 2. The number of hydrogen-bond acceptors (Lipinski definition) is 2. The van der Waals surface area contributed by atoms with Gasteiger partial charge in [0.15, 0.2) is 0 Å². The van der Waals surface area contributed by atoms with Crippen molar-refractivity contribution in [2.45, 2.75) is 13.8 Å². The normalized spacial score (nSPS) is 10.7. The molecule has 100 valence electrons. The Morgan fingerprint density at radius 2 is 1.90 bits per heavy atom. The Balaban J connectivity index is 1.88. The lowest BCUT2D eigenvalue weighted by molar-refractivity contribution is 0.102. The number of nitrogens with zero attached hydrogens (tertiary/aromatic N) is 1. The number of H-pyrrole nitrogens is 1. The molecule has 0 aliphatic carbocycles. The van der Waals surface area contributed by atoms with E-state index in [0.717, 1.165) is 27.8 Å². The second-order valence-corrected chi connectivity index (χ2v) is 4.95. The quantitative estimate of drug-likeness (QED) is 0.745. The van der Waals surface area contributed by atoms with E-state index in [1.54, 1.807) is 12.3 Å². The molecule has 2 aromatic heterocycles. The third-order valence-corrected chi connectivity index (χ3v) is 3.12. The molecule has 1 aromatic carbocycles. The molecule has 3 aromatic rings. The predicted octanol–water partition coefficient (Wildman–Crippen LogP) is 3.43. The van der Waals surface area contributed by atoms with Crippen molar-refractivity contribution in [3.8, 4) is 0 Å². The van der Waals surface area contributed by atoms with Gasteiger partial charge in [0.25, 0.3) is 5.91 Å². The second-order valence-electron chi connectivity index (χ2n) is 4.95. The first kappa shape index (κ1) is 12.4. The van der Waals surface area contributed by atoms with Crippen molar-refractivity contribution in [2.24, 2.45) is 0 Å². The summed E-state index contributed by atoms with van der Waals surface area (Å²) in [6.07, 6.45) is 1.70. The number of benzene rings is 1. The number of anilines is 1. The van der Waals surface area contributed by atoms with Crippen molar-refractivity contribution < 1.29 is 4.79 Å². The van der Waals surface area contributed by atoms with Gasteiger partial charge in [-0.15, -0.1) is 0 Å². The smallest absolute Gasteiger partial charge is 0.272 e. The maximum Gasteiger partial charge on any atom is 0.272 e. The van der Waals surface area contributed by atoms with Gasteiger partial charge in [0, 0.05) is 17.3 Å². The fourth-order valence-corrected chi connectivity index (χ4v) is 2.33. The topological polar surface area (TPSA) is 57.8 Å². The van der Waals surface area contributed by atoms with E-state index in [2.05, 4.69) is 21.4 Å². The lowest BCUT2D eigenvalue weighted by atomic mass is 10.1. The SMILES string of the molecule is Cc1cc(C)cc(NC(=O)c2cc3cccnc3[nH]2)c1. The summed E-state index contributed by atoms with van der Waals surface area (Å²) in [5, 5.41) is 3.83. The van der Waals surface area contributed by atoms with Crippen LogP contribution in [0.4, 0.5) is 5.69 Å². The van der Waals surface area contributed by atoms with Crippen LogP contribution in [0.15, 0.2) is 42.6 Å². The van der Waals surface area contributed by atoms with Crippen LogP contribution in [0.25, 0.3) is 11.0 Å². The van der Waals surface area contributed by atoms with Gasteiger partial charge in [0.2, 0.25) is 0 Å². The molecule has 0 aliphatic rings. The van der Waals surface area contributed by atoms with Crippen LogP contribution in [0.1, 0.15) is 21.6 Å². The molecule has 1 amide bonds. The molecule has 0 saturated heterocycles. The highest BCUT2D eigenvalue weighted by Crippen LogP contribution is 2.17. The molecule has 0 spiro atoms. The van der Waals surface area contributed by atoms with Crippen molar-refractivity contribution in [2.75, 3.05) is 5.32 Å². The van der Waals surface area contributed by atoms with Gasteiger partial charge < -0.3 is 10.3 Å². The molecular formula is C16H15N3O. The van der Waals surface area contributed by atoms with Crippen LogP contribution in [0.5, 0.6) is 0 Å². The minimum absolute atomic E-state index is 0.159. The number of pyridine rings is 1. The molecule has 0 saturated carbocycles. The Hall–Kier alpha value is -2.62.